The van der Waals surface area contributed by atoms with Gasteiger partial charge in [0.05, 0.1) is 11.2 Å². The minimum Gasteiger partial charge on any atom is -0.231 e. The number of aromatic nitrogens is 5. The van der Waals surface area contributed by atoms with Crippen molar-refractivity contribution in [3.8, 4) is 78.9 Å². The van der Waals surface area contributed by atoms with E-state index in [2.05, 4.69) is 180 Å². The van der Waals surface area contributed by atoms with Gasteiger partial charge in [-0.25, -0.2) is 19.5 Å². The lowest BCUT2D eigenvalue weighted by atomic mass is 9.97. The second-order valence-corrected chi connectivity index (χ2v) is 16.6. The van der Waals surface area contributed by atoms with E-state index in [-0.39, 0.29) is 0 Å². The van der Waals surface area contributed by atoms with Crippen LogP contribution in [0, 0.1) is 0 Å². The monoisotopic (exact) mass is 809 g/mol. The van der Waals surface area contributed by atoms with E-state index < -0.39 is 0 Å². The third-order valence-electron chi connectivity index (χ3n) is 11.6. The van der Waals surface area contributed by atoms with Crippen molar-refractivity contribution in [1.82, 2.24) is 24.6 Å². The molecule has 4 aromatic heterocycles. The van der Waals surface area contributed by atoms with Crippen LogP contribution in [0.5, 0.6) is 0 Å². The normalized spacial score (nSPS) is 11.5. The molecule has 12 aromatic rings. The topological polar surface area (TPSA) is 56.0 Å². The zero-order valence-corrected chi connectivity index (χ0v) is 34.2. The summed E-state index contributed by atoms with van der Waals surface area (Å²) in [6, 6.07) is 74.5. The number of thiophene rings is 1. The van der Waals surface area contributed by atoms with Gasteiger partial charge in [-0.2, -0.15) is 5.10 Å². The van der Waals surface area contributed by atoms with Gasteiger partial charge in [-0.1, -0.05) is 182 Å². The average molecular weight is 810 g/mol. The van der Waals surface area contributed by atoms with Gasteiger partial charge in [0.1, 0.15) is 5.69 Å². The van der Waals surface area contributed by atoms with E-state index in [1.807, 2.05) is 47.7 Å². The fourth-order valence-electron chi connectivity index (χ4n) is 8.68. The first kappa shape index (κ1) is 35.8. The van der Waals surface area contributed by atoms with Crippen LogP contribution in [0.2, 0.25) is 0 Å². The molecule has 0 atom stereocenters. The van der Waals surface area contributed by atoms with Gasteiger partial charge >= 0.3 is 0 Å². The predicted octanol–water partition coefficient (Wildman–Crippen LogP) is 14.7. The Bertz CT molecular complexity index is 3630. The molecule has 0 fully saturated rings. The molecule has 0 saturated heterocycles. The van der Waals surface area contributed by atoms with Crippen molar-refractivity contribution in [1.29, 1.82) is 0 Å². The highest BCUT2D eigenvalue weighted by Crippen LogP contribution is 2.42. The molecule has 5 nitrogen and oxygen atoms in total. The molecular formula is C56H35N5S. The highest BCUT2D eigenvalue weighted by atomic mass is 32.1. The number of pyridine rings is 1. The third kappa shape index (κ3) is 6.24. The van der Waals surface area contributed by atoms with E-state index in [4.69, 9.17) is 20.1 Å². The van der Waals surface area contributed by atoms with Crippen molar-refractivity contribution in [3.05, 3.63) is 212 Å². The van der Waals surface area contributed by atoms with Crippen LogP contribution < -0.4 is 0 Å². The van der Waals surface area contributed by atoms with E-state index in [1.54, 1.807) is 0 Å². The second-order valence-electron chi connectivity index (χ2n) is 15.5. The van der Waals surface area contributed by atoms with Crippen molar-refractivity contribution >= 4 is 47.8 Å². The largest absolute Gasteiger partial charge is 0.231 e. The van der Waals surface area contributed by atoms with E-state index in [0.717, 1.165) is 77.7 Å². The Morgan fingerprint density at radius 1 is 0.339 bits per heavy atom. The van der Waals surface area contributed by atoms with Gasteiger partial charge in [0.25, 0.3) is 0 Å². The zero-order valence-electron chi connectivity index (χ0n) is 33.4. The van der Waals surface area contributed by atoms with Gasteiger partial charge in [-0.05, 0) is 52.4 Å². The molecule has 0 aliphatic heterocycles. The van der Waals surface area contributed by atoms with Crippen LogP contribution in [0.15, 0.2) is 212 Å². The van der Waals surface area contributed by atoms with Gasteiger partial charge < -0.3 is 0 Å². The quantitative estimate of drug-likeness (QED) is 0.161. The van der Waals surface area contributed by atoms with E-state index in [1.165, 1.54) is 20.2 Å². The first-order valence-electron chi connectivity index (χ1n) is 20.7. The molecule has 0 radical (unpaired) electrons. The predicted molar refractivity (Wildman–Crippen MR) is 257 cm³/mol. The van der Waals surface area contributed by atoms with Gasteiger partial charge in [0, 0.05) is 58.9 Å². The fourth-order valence-corrected chi connectivity index (χ4v) is 9.83. The number of nitrogens with zero attached hydrogens (tertiary/aromatic N) is 5. The van der Waals surface area contributed by atoms with E-state index in [9.17, 15) is 0 Å². The maximum Gasteiger partial charge on any atom is 0.164 e. The third-order valence-corrected chi connectivity index (χ3v) is 12.8. The molecule has 0 amide bonds. The summed E-state index contributed by atoms with van der Waals surface area (Å²) in [6.07, 6.45) is 0. The minimum atomic E-state index is 0.597. The molecule has 6 heteroatoms. The standard InChI is InChI=1S/C56H35N5S/c1-4-16-36(17-5-1)51-52(37-18-6-2-7-19-37)60-61-48(34-41-22-10-11-27-45(41)53(51)61)42-24-15-26-44(33-42)56-58-54(38-20-8-3-9-21-38)57-55(59-56)43-25-14-23-39(32-43)40-30-31-47-46-28-12-13-29-49(46)62-50(47)35-40/h1-35H. The number of fused-ring (bicyclic) bond motifs is 6. The molecule has 0 saturated carbocycles. The Morgan fingerprint density at radius 3 is 1.58 bits per heavy atom. The number of rotatable bonds is 7. The molecule has 12 rings (SSSR count). The van der Waals surface area contributed by atoms with E-state index >= 15 is 0 Å². The lowest BCUT2D eigenvalue weighted by Crippen LogP contribution is -2.01. The van der Waals surface area contributed by atoms with Crippen molar-refractivity contribution in [2.75, 3.05) is 0 Å². The number of hydrogen-bond donors (Lipinski definition) is 0. The van der Waals surface area contributed by atoms with Crippen molar-refractivity contribution < 1.29 is 0 Å². The lowest BCUT2D eigenvalue weighted by molar-refractivity contribution is 0.979. The number of hydrogen-bond acceptors (Lipinski definition) is 5. The lowest BCUT2D eigenvalue weighted by Gasteiger charge is -2.12. The Hall–Kier alpha value is -8.06. The van der Waals surface area contributed by atoms with Gasteiger partial charge in [0.2, 0.25) is 0 Å². The van der Waals surface area contributed by atoms with Crippen LogP contribution in [0.4, 0.5) is 0 Å². The zero-order chi connectivity index (χ0) is 41.0. The molecule has 0 unspecified atom stereocenters. The Kier molecular flexibility index (Phi) is 8.61. The van der Waals surface area contributed by atoms with Crippen LogP contribution in [0.1, 0.15) is 0 Å². The summed E-state index contributed by atoms with van der Waals surface area (Å²) in [5, 5.41) is 10.3. The molecule has 62 heavy (non-hydrogen) atoms. The average Bonchev–Trinajstić information content (AvgIpc) is 3.94. The van der Waals surface area contributed by atoms with Crippen molar-refractivity contribution in [3.63, 3.8) is 0 Å². The highest BCUT2D eigenvalue weighted by molar-refractivity contribution is 7.25. The molecule has 0 spiro atoms. The summed E-state index contributed by atoms with van der Waals surface area (Å²) in [7, 11) is 0. The SMILES string of the molecule is c1ccc(-c2nc(-c3cccc(-c4ccc5c(c4)sc4ccccc45)c3)nc(-c3cccc(-c4cc5ccccc5c5c(-c6ccccc6)c(-c6ccccc6)nn45)c3)n2)cc1. The molecule has 0 bridgehead atoms. The Morgan fingerprint density at radius 2 is 0.855 bits per heavy atom. The fraction of sp³-hybridized carbons (Fsp3) is 0. The first-order chi connectivity index (χ1) is 30.7. The molecule has 0 N–H and O–H groups in total. The summed E-state index contributed by atoms with van der Waals surface area (Å²) < 4.78 is 4.70. The van der Waals surface area contributed by atoms with Gasteiger partial charge in [0.15, 0.2) is 17.5 Å². The molecule has 290 valence electrons. The summed E-state index contributed by atoms with van der Waals surface area (Å²) in [6.45, 7) is 0. The van der Waals surface area contributed by atoms with Gasteiger partial charge in [-0.15, -0.1) is 11.3 Å². The molecular weight excluding hydrogens is 775 g/mol. The molecule has 4 heterocycles. The summed E-state index contributed by atoms with van der Waals surface area (Å²) >= 11 is 1.83. The van der Waals surface area contributed by atoms with Crippen LogP contribution in [0.25, 0.3) is 115 Å². The van der Waals surface area contributed by atoms with Crippen LogP contribution in [0.3, 0.4) is 0 Å². The smallest absolute Gasteiger partial charge is 0.164 e. The molecule has 0 aliphatic rings. The summed E-state index contributed by atoms with van der Waals surface area (Å²) in [5.74, 6) is 1.83. The van der Waals surface area contributed by atoms with Gasteiger partial charge in [-0.3, -0.25) is 0 Å². The first-order valence-corrected chi connectivity index (χ1v) is 21.5. The Labute approximate surface area is 361 Å². The molecule has 8 aromatic carbocycles. The second kappa shape index (κ2) is 14.9. The minimum absolute atomic E-state index is 0.597. The van der Waals surface area contributed by atoms with E-state index in [0.29, 0.717) is 17.5 Å². The summed E-state index contributed by atoms with van der Waals surface area (Å²) in [5.41, 5.74) is 12.3. The summed E-state index contributed by atoms with van der Waals surface area (Å²) in [4.78, 5) is 15.5. The van der Waals surface area contributed by atoms with Crippen molar-refractivity contribution in [2.45, 2.75) is 0 Å². The van der Waals surface area contributed by atoms with Crippen molar-refractivity contribution in [2.24, 2.45) is 0 Å². The molecule has 0 aliphatic carbocycles. The maximum atomic E-state index is 5.43. The van der Waals surface area contributed by atoms with Crippen LogP contribution in [-0.4, -0.2) is 24.6 Å². The maximum absolute atomic E-state index is 5.43. The van der Waals surface area contributed by atoms with Crippen LogP contribution >= 0.6 is 11.3 Å². The van der Waals surface area contributed by atoms with Crippen LogP contribution in [-0.2, 0) is 0 Å². The highest BCUT2D eigenvalue weighted by Gasteiger charge is 2.22. The number of benzene rings is 8. The Balaban J connectivity index is 1.02.